The molecule has 1 aliphatic heterocycles. The van der Waals surface area contributed by atoms with Gasteiger partial charge in [0, 0.05) is 25.7 Å². The van der Waals surface area contributed by atoms with Crippen molar-refractivity contribution in [2.24, 2.45) is 11.8 Å². The van der Waals surface area contributed by atoms with Crippen molar-refractivity contribution in [3.63, 3.8) is 0 Å². The molecule has 0 aromatic heterocycles. The lowest BCUT2D eigenvalue weighted by Gasteiger charge is -2.32. The van der Waals surface area contributed by atoms with Crippen LogP contribution < -0.4 is 10.1 Å². The molecule has 1 N–H and O–H groups in total. The quantitative estimate of drug-likeness (QED) is 0.902. The summed E-state index contributed by atoms with van der Waals surface area (Å²) in [5.41, 5.74) is 0.696. The Morgan fingerprint density at radius 2 is 2.05 bits per heavy atom. The van der Waals surface area contributed by atoms with Crippen LogP contribution in [0.2, 0.25) is 0 Å². The number of rotatable bonds is 5. The van der Waals surface area contributed by atoms with E-state index < -0.39 is 0 Å². The molecule has 3 atom stereocenters. The number of hydrogen-bond donors (Lipinski definition) is 1. The van der Waals surface area contributed by atoms with Gasteiger partial charge in [0.15, 0.2) is 0 Å². The van der Waals surface area contributed by atoms with Crippen molar-refractivity contribution in [3.05, 3.63) is 29.8 Å². The third kappa shape index (κ3) is 3.05. The molecule has 1 heterocycles. The Labute approximate surface area is 126 Å². The Bertz CT molecular complexity index is 498. The predicted octanol–water partition coefficient (Wildman–Crippen LogP) is 2.16. The van der Waals surface area contributed by atoms with Crippen LogP contribution in [0.25, 0.3) is 0 Å². The number of carbonyl (C=O) groups is 1. The molecule has 0 spiro atoms. The van der Waals surface area contributed by atoms with Crippen molar-refractivity contribution in [2.75, 3.05) is 27.2 Å². The van der Waals surface area contributed by atoms with Crippen LogP contribution in [0.5, 0.6) is 5.75 Å². The van der Waals surface area contributed by atoms with Crippen LogP contribution in [0.1, 0.15) is 29.6 Å². The van der Waals surface area contributed by atoms with Gasteiger partial charge in [0.1, 0.15) is 5.75 Å². The lowest BCUT2D eigenvalue weighted by atomic mass is 9.72. The van der Waals surface area contributed by atoms with Crippen LogP contribution in [0, 0.1) is 11.8 Å². The Morgan fingerprint density at radius 3 is 2.62 bits per heavy atom. The third-order valence-corrected chi connectivity index (χ3v) is 4.84. The number of nitrogens with one attached hydrogen (secondary N) is 1. The van der Waals surface area contributed by atoms with E-state index in [4.69, 9.17) is 4.74 Å². The number of ether oxygens (including phenoxy) is 1. The molecule has 4 nitrogen and oxygen atoms in total. The molecule has 1 aliphatic carbocycles. The lowest BCUT2D eigenvalue weighted by molar-refractivity contribution is 0.0827. The van der Waals surface area contributed by atoms with E-state index in [0.29, 0.717) is 11.6 Å². The fraction of sp³-hybridized carbons (Fsp3) is 0.588. The molecule has 1 aromatic rings. The normalized spacial score (nSPS) is 26.9. The minimum absolute atomic E-state index is 0.0210. The third-order valence-electron chi connectivity index (χ3n) is 4.84. The standard InChI is InChI=1S/C17H24N2O2/c1-19(2)17(20)12-3-6-14(7-4-12)21-10-9-16-15-8-5-13(15)11-18-16/h3-4,6-7,13,15-16,18H,5,8-11H2,1-2H3. The maximum Gasteiger partial charge on any atom is 0.253 e. The van der Waals surface area contributed by atoms with E-state index in [0.717, 1.165) is 30.6 Å². The number of fused-ring (bicyclic) bond motifs is 1. The molecular formula is C17H24N2O2. The molecule has 3 rings (SSSR count). The largest absolute Gasteiger partial charge is 0.494 e. The van der Waals surface area contributed by atoms with Gasteiger partial charge < -0.3 is 15.0 Å². The first-order valence-corrected chi connectivity index (χ1v) is 7.83. The molecular weight excluding hydrogens is 264 g/mol. The molecule has 0 radical (unpaired) electrons. The SMILES string of the molecule is CN(C)C(=O)c1ccc(OCCC2NCC3CCC32)cc1. The van der Waals surface area contributed by atoms with Crippen molar-refractivity contribution < 1.29 is 9.53 Å². The Morgan fingerprint density at radius 1 is 1.29 bits per heavy atom. The smallest absolute Gasteiger partial charge is 0.253 e. The summed E-state index contributed by atoms with van der Waals surface area (Å²) in [6.07, 6.45) is 3.85. The van der Waals surface area contributed by atoms with Gasteiger partial charge in [0.2, 0.25) is 0 Å². The maximum absolute atomic E-state index is 11.8. The topological polar surface area (TPSA) is 41.6 Å². The number of amides is 1. The fourth-order valence-electron chi connectivity index (χ4n) is 3.40. The molecule has 21 heavy (non-hydrogen) atoms. The monoisotopic (exact) mass is 288 g/mol. The first-order chi connectivity index (χ1) is 10.1. The minimum Gasteiger partial charge on any atom is -0.494 e. The van der Waals surface area contributed by atoms with Crippen LogP contribution >= 0.6 is 0 Å². The first-order valence-electron chi connectivity index (χ1n) is 7.83. The summed E-state index contributed by atoms with van der Waals surface area (Å²) >= 11 is 0. The van der Waals surface area contributed by atoms with Gasteiger partial charge in [-0.3, -0.25) is 4.79 Å². The molecule has 1 amide bonds. The van der Waals surface area contributed by atoms with Crippen LogP contribution in [-0.4, -0.2) is 44.1 Å². The van der Waals surface area contributed by atoms with Crippen molar-refractivity contribution >= 4 is 5.91 Å². The maximum atomic E-state index is 11.8. The molecule has 2 fully saturated rings. The van der Waals surface area contributed by atoms with Crippen LogP contribution in [0.4, 0.5) is 0 Å². The van der Waals surface area contributed by atoms with Crippen molar-refractivity contribution in [1.29, 1.82) is 0 Å². The van der Waals surface area contributed by atoms with Crippen molar-refractivity contribution in [3.8, 4) is 5.75 Å². The van der Waals surface area contributed by atoms with Crippen LogP contribution in [0.3, 0.4) is 0 Å². The molecule has 2 aliphatic rings. The minimum atomic E-state index is 0.0210. The number of benzene rings is 1. The van der Waals surface area contributed by atoms with Crippen LogP contribution in [0.15, 0.2) is 24.3 Å². The average molecular weight is 288 g/mol. The van der Waals surface area contributed by atoms with Gasteiger partial charge in [0.25, 0.3) is 5.91 Å². The second-order valence-electron chi connectivity index (χ2n) is 6.38. The van der Waals surface area contributed by atoms with E-state index in [-0.39, 0.29) is 5.91 Å². The van der Waals surface area contributed by atoms with E-state index in [1.165, 1.54) is 19.4 Å². The van der Waals surface area contributed by atoms with Gasteiger partial charge in [-0.1, -0.05) is 0 Å². The zero-order chi connectivity index (χ0) is 14.8. The first kappa shape index (κ1) is 14.4. The fourth-order valence-corrected chi connectivity index (χ4v) is 3.40. The second-order valence-corrected chi connectivity index (χ2v) is 6.38. The van der Waals surface area contributed by atoms with Gasteiger partial charge in [-0.05, 0) is 61.9 Å². The zero-order valence-electron chi connectivity index (χ0n) is 12.8. The molecule has 1 saturated heterocycles. The summed E-state index contributed by atoms with van der Waals surface area (Å²) in [5, 5.41) is 3.61. The van der Waals surface area contributed by atoms with E-state index in [1.807, 2.05) is 24.3 Å². The lowest BCUT2D eigenvalue weighted by Crippen LogP contribution is -2.32. The van der Waals surface area contributed by atoms with Crippen LogP contribution in [-0.2, 0) is 0 Å². The summed E-state index contributed by atoms with van der Waals surface area (Å²) in [4.78, 5) is 13.4. The number of hydrogen-bond acceptors (Lipinski definition) is 3. The number of nitrogens with zero attached hydrogens (tertiary/aromatic N) is 1. The van der Waals surface area contributed by atoms with E-state index in [2.05, 4.69) is 5.32 Å². The van der Waals surface area contributed by atoms with E-state index in [9.17, 15) is 4.79 Å². The highest BCUT2D eigenvalue weighted by atomic mass is 16.5. The van der Waals surface area contributed by atoms with E-state index in [1.54, 1.807) is 19.0 Å². The summed E-state index contributed by atoms with van der Waals surface area (Å²) in [6.45, 7) is 1.93. The van der Waals surface area contributed by atoms with Crippen molar-refractivity contribution in [2.45, 2.75) is 25.3 Å². The van der Waals surface area contributed by atoms with Gasteiger partial charge in [-0.15, -0.1) is 0 Å². The Kier molecular flexibility index (Phi) is 4.15. The molecule has 1 saturated carbocycles. The molecule has 0 bridgehead atoms. The molecule has 114 valence electrons. The highest BCUT2D eigenvalue weighted by Gasteiger charge is 2.41. The summed E-state index contributed by atoms with van der Waals surface area (Å²) < 4.78 is 5.81. The Balaban J connectivity index is 1.46. The van der Waals surface area contributed by atoms with Gasteiger partial charge in [-0.25, -0.2) is 0 Å². The van der Waals surface area contributed by atoms with Gasteiger partial charge in [0.05, 0.1) is 6.61 Å². The summed E-state index contributed by atoms with van der Waals surface area (Å²) in [7, 11) is 3.52. The second kappa shape index (κ2) is 6.06. The summed E-state index contributed by atoms with van der Waals surface area (Å²) in [6, 6.07) is 8.05. The highest BCUT2D eigenvalue weighted by Crippen LogP contribution is 2.41. The Hall–Kier alpha value is -1.55. The summed E-state index contributed by atoms with van der Waals surface area (Å²) in [5.74, 6) is 2.67. The molecule has 4 heteroatoms. The van der Waals surface area contributed by atoms with E-state index >= 15 is 0 Å². The average Bonchev–Trinajstić information content (AvgIpc) is 2.72. The van der Waals surface area contributed by atoms with Gasteiger partial charge in [-0.2, -0.15) is 0 Å². The van der Waals surface area contributed by atoms with Crippen molar-refractivity contribution in [1.82, 2.24) is 10.2 Å². The predicted molar refractivity (Wildman–Crippen MR) is 82.6 cm³/mol. The zero-order valence-corrected chi connectivity index (χ0v) is 12.8. The highest BCUT2D eigenvalue weighted by molar-refractivity contribution is 5.93. The molecule has 3 unspecified atom stereocenters. The number of carbonyl (C=O) groups excluding carboxylic acids is 1. The molecule has 1 aromatic carbocycles. The van der Waals surface area contributed by atoms with Gasteiger partial charge >= 0.3 is 0 Å².